The van der Waals surface area contributed by atoms with E-state index < -0.39 is 21.5 Å². The number of rotatable bonds is 7. The number of anilines is 1. The van der Waals surface area contributed by atoms with E-state index in [9.17, 15) is 23.1 Å². The van der Waals surface area contributed by atoms with Gasteiger partial charge in [0.1, 0.15) is 11.5 Å². The lowest BCUT2D eigenvalue weighted by molar-refractivity contribution is -0.131. The number of hydrogen-bond donors (Lipinski definition) is 2. The van der Waals surface area contributed by atoms with Gasteiger partial charge < -0.3 is 20.1 Å². The van der Waals surface area contributed by atoms with Gasteiger partial charge >= 0.3 is 0 Å². The molecule has 10 heteroatoms. The van der Waals surface area contributed by atoms with Crippen LogP contribution in [0.15, 0.2) is 47.4 Å². The monoisotopic (exact) mass is 487 g/mol. The summed E-state index contributed by atoms with van der Waals surface area (Å²) in [6, 6.07) is 11.9. The summed E-state index contributed by atoms with van der Waals surface area (Å²) in [6.45, 7) is 1.87. The Bertz CT molecular complexity index is 1200. The van der Waals surface area contributed by atoms with Crippen LogP contribution in [0.3, 0.4) is 0 Å². The zero-order valence-electron chi connectivity index (χ0n) is 19.2. The van der Waals surface area contributed by atoms with Crippen LogP contribution < -0.4 is 10.1 Å². The van der Waals surface area contributed by atoms with Crippen molar-refractivity contribution in [1.29, 1.82) is 0 Å². The first-order valence-electron chi connectivity index (χ1n) is 11.1. The molecule has 0 bridgehead atoms. The minimum absolute atomic E-state index is 0.0444. The fourth-order valence-corrected chi connectivity index (χ4v) is 5.78. The van der Waals surface area contributed by atoms with Gasteiger partial charge in [-0.15, -0.1) is 0 Å². The highest BCUT2D eigenvalue weighted by atomic mass is 32.2. The van der Waals surface area contributed by atoms with Gasteiger partial charge in [0, 0.05) is 26.7 Å². The summed E-state index contributed by atoms with van der Waals surface area (Å²) in [6.07, 6.45) is 0.378. The molecule has 0 spiro atoms. The Kier molecular flexibility index (Phi) is 6.92. The number of sulfone groups is 1. The van der Waals surface area contributed by atoms with E-state index in [-0.39, 0.29) is 35.1 Å². The quantitative estimate of drug-likeness (QED) is 0.603. The summed E-state index contributed by atoms with van der Waals surface area (Å²) in [5, 5.41) is 12.5. The summed E-state index contributed by atoms with van der Waals surface area (Å²) in [5.74, 6) is -0.623. The number of carbonyl (C=O) groups excluding carboxylic acids is 2. The number of amides is 2. The number of β-amino-alcohol motifs (C(OH)–C–C–N with tert-alkyl or cyclic N) is 1. The normalized spacial score (nSPS) is 20.3. The number of benzene rings is 2. The Morgan fingerprint density at radius 3 is 2.79 bits per heavy atom. The summed E-state index contributed by atoms with van der Waals surface area (Å²) in [7, 11) is -0.340. The van der Waals surface area contributed by atoms with Gasteiger partial charge in [-0.05, 0) is 41.8 Å². The first-order chi connectivity index (χ1) is 16.2. The molecule has 4 rings (SSSR count). The molecule has 2 amide bonds. The molecule has 2 aromatic rings. The number of methoxy groups -OCH3 is 1. The molecule has 0 aliphatic carbocycles. The molecule has 2 atom stereocenters. The van der Waals surface area contributed by atoms with E-state index in [1.165, 1.54) is 6.07 Å². The molecule has 0 unspecified atom stereocenters. The van der Waals surface area contributed by atoms with Crippen LogP contribution >= 0.6 is 0 Å². The maximum absolute atomic E-state index is 13.3. The highest BCUT2D eigenvalue weighted by Crippen LogP contribution is 2.29. The number of aliphatic hydroxyl groups is 1. The van der Waals surface area contributed by atoms with Crippen LogP contribution in [0.2, 0.25) is 0 Å². The zero-order valence-corrected chi connectivity index (χ0v) is 20.0. The molecule has 9 nitrogen and oxygen atoms in total. The second-order valence-corrected chi connectivity index (χ2v) is 10.8. The first-order valence-corrected chi connectivity index (χ1v) is 12.8. The Morgan fingerprint density at radius 2 is 2.09 bits per heavy atom. The molecule has 182 valence electrons. The molecule has 1 fully saturated rings. The standard InChI is InChI=1S/C24H29N3O6S/c1-26(21(14-27-9-8-18(28)13-27)17-4-3-5-19(12-17)33-2)24(30)11-16-6-7-22-20(10-16)25-23(29)15-34(22,31)32/h3-7,10,12,18,21,28H,8-9,11,13-15H2,1-2H3,(H,25,29)/t18-,21-/m1/s1. The van der Waals surface area contributed by atoms with E-state index in [4.69, 9.17) is 4.74 Å². The minimum Gasteiger partial charge on any atom is -0.497 e. The molecule has 34 heavy (non-hydrogen) atoms. The number of nitrogens with one attached hydrogen (secondary N) is 1. The van der Waals surface area contributed by atoms with Crippen LogP contribution in [0.1, 0.15) is 23.6 Å². The topological polar surface area (TPSA) is 116 Å². The van der Waals surface area contributed by atoms with E-state index in [1.807, 2.05) is 24.3 Å². The molecule has 0 aromatic heterocycles. The van der Waals surface area contributed by atoms with Crippen molar-refractivity contribution in [1.82, 2.24) is 9.80 Å². The molecule has 2 aliphatic rings. The Morgan fingerprint density at radius 1 is 1.29 bits per heavy atom. The molecular weight excluding hydrogens is 458 g/mol. The highest BCUT2D eigenvalue weighted by molar-refractivity contribution is 7.92. The Hall–Kier alpha value is -2.95. The van der Waals surface area contributed by atoms with Crippen molar-refractivity contribution in [3.63, 3.8) is 0 Å². The van der Waals surface area contributed by atoms with Gasteiger partial charge in [-0.1, -0.05) is 18.2 Å². The second kappa shape index (κ2) is 9.73. The minimum atomic E-state index is -3.67. The molecule has 1 saturated heterocycles. The van der Waals surface area contributed by atoms with Crippen molar-refractivity contribution in [2.75, 3.05) is 44.9 Å². The molecule has 2 N–H and O–H groups in total. The number of aliphatic hydroxyl groups excluding tert-OH is 1. The molecule has 0 saturated carbocycles. The number of carbonyl (C=O) groups is 2. The van der Waals surface area contributed by atoms with Crippen molar-refractivity contribution >= 4 is 27.3 Å². The average molecular weight is 488 g/mol. The summed E-state index contributed by atoms with van der Waals surface area (Å²) in [5.41, 5.74) is 1.73. The molecule has 0 radical (unpaired) electrons. The van der Waals surface area contributed by atoms with E-state index in [2.05, 4.69) is 10.2 Å². The third kappa shape index (κ3) is 5.24. The molecule has 2 heterocycles. The van der Waals surface area contributed by atoms with Gasteiger partial charge in [0.15, 0.2) is 9.84 Å². The van der Waals surface area contributed by atoms with Gasteiger partial charge in [-0.2, -0.15) is 0 Å². The Labute approximate surface area is 199 Å². The predicted molar refractivity (Wildman–Crippen MR) is 126 cm³/mol. The van der Waals surface area contributed by atoms with E-state index in [1.54, 1.807) is 31.2 Å². The lowest BCUT2D eigenvalue weighted by Gasteiger charge is -2.32. The largest absolute Gasteiger partial charge is 0.497 e. The summed E-state index contributed by atoms with van der Waals surface area (Å²) in [4.78, 5) is 29.0. The molecule has 2 aliphatic heterocycles. The fraction of sp³-hybridized carbons (Fsp3) is 0.417. The average Bonchev–Trinajstić information content (AvgIpc) is 3.20. The second-order valence-electron chi connectivity index (χ2n) is 8.81. The SMILES string of the molecule is COc1cccc([C@@H](CN2CC[C@@H](O)C2)N(C)C(=O)Cc2ccc3c(c2)NC(=O)CS3(=O)=O)c1. The summed E-state index contributed by atoms with van der Waals surface area (Å²) >= 11 is 0. The van der Waals surface area contributed by atoms with E-state index in [0.717, 1.165) is 12.1 Å². The number of likely N-dealkylation sites (tertiary alicyclic amines) is 1. The molecular formula is C24H29N3O6S. The lowest BCUT2D eigenvalue weighted by Crippen LogP contribution is -2.39. The smallest absolute Gasteiger partial charge is 0.239 e. The maximum atomic E-state index is 13.3. The van der Waals surface area contributed by atoms with Crippen LogP contribution in [0.4, 0.5) is 5.69 Å². The van der Waals surface area contributed by atoms with Gasteiger partial charge in [-0.25, -0.2) is 8.42 Å². The van der Waals surface area contributed by atoms with Crippen molar-refractivity contribution < 1.29 is 27.9 Å². The molecule has 2 aromatic carbocycles. The number of nitrogens with zero attached hydrogens (tertiary/aromatic N) is 2. The zero-order chi connectivity index (χ0) is 24.5. The lowest BCUT2D eigenvalue weighted by atomic mass is 10.0. The number of likely N-dealkylation sites (N-methyl/N-ethyl adjacent to an activating group) is 1. The van der Waals surface area contributed by atoms with Gasteiger partial charge in [0.2, 0.25) is 11.8 Å². The number of ether oxygens (including phenoxy) is 1. The summed E-state index contributed by atoms with van der Waals surface area (Å²) < 4.78 is 29.9. The van der Waals surface area contributed by atoms with Gasteiger partial charge in [0.25, 0.3) is 0 Å². The maximum Gasteiger partial charge on any atom is 0.239 e. The van der Waals surface area contributed by atoms with Crippen molar-refractivity contribution in [3.05, 3.63) is 53.6 Å². The van der Waals surface area contributed by atoms with Crippen LogP contribution in [0.25, 0.3) is 0 Å². The van der Waals surface area contributed by atoms with Crippen LogP contribution in [-0.2, 0) is 25.8 Å². The third-order valence-electron chi connectivity index (χ3n) is 6.35. The van der Waals surface area contributed by atoms with Gasteiger partial charge in [0.05, 0.1) is 36.3 Å². The predicted octanol–water partition coefficient (Wildman–Crippen LogP) is 1.23. The van der Waals surface area contributed by atoms with Crippen molar-refractivity contribution in [2.24, 2.45) is 0 Å². The van der Waals surface area contributed by atoms with Crippen LogP contribution in [0, 0.1) is 0 Å². The van der Waals surface area contributed by atoms with E-state index >= 15 is 0 Å². The van der Waals surface area contributed by atoms with Crippen LogP contribution in [0.5, 0.6) is 5.75 Å². The highest BCUT2D eigenvalue weighted by Gasteiger charge is 2.30. The van der Waals surface area contributed by atoms with Crippen molar-refractivity contribution in [3.8, 4) is 5.75 Å². The first kappa shape index (κ1) is 24.2. The van der Waals surface area contributed by atoms with E-state index in [0.29, 0.717) is 30.8 Å². The third-order valence-corrected chi connectivity index (χ3v) is 8.02. The Balaban J connectivity index is 1.56. The van der Waals surface area contributed by atoms with Crippen LogP contribution in [-0.4, -0.2) is 80.8 Å². The fourth-order valence-electron chi connectivity index (χ4n) is 4.49. The van der Waals surface area contributed by atoms with Crippen molar-refractivity contribution in [2.45, 2.75) is 29.9 Å². The number of fused-ring (bicyclic) bond motifs is 1. The van der Waals surface area contributed by atoms with Gasteiger partial charge in [-0.3, -0.25) is 14.5 Å². The number of hydrogen-bond acceptors (Lipinski definition) is 7.